The van der Waals surface area contributed by atoms with E-state index >= 15 is 0 Å². The molecule has 7 nitrogen and oxygen atoms in total. The summed E-state index contributed by atoms with van der Waals surface area (Å²) < 4.78 is 28.6. The second-order valence-electron chi connectivity index (χ2n) is 9.08. The number of rotatable bonds is 12. The van der Waals surface area contributed by atoms with E-state index in [2.05, 4.69) is 5.32 Å². The van der Waals surface area contributed by atoms with Gasteiger partial charge in [0.05, 0.1) is 20.6 Å². The van der Waals surface area contributed by atoms with Crippen LogP contribution in [0.25, 0.3) is 0 Å². The van der Waals surface area contributed by atoms with Crippen molar-refractivity contribution in [1.29, 1.82) is 0 Å². The molecule has 0 saturated heterocycles. The molecule has 0 aliphatic rings. The van der Waals surface area contributed by atoms with Gasteiger partial charge in [-0.15, -0.1) is 0 Å². The second-order valence-corrected chi connectivity index (χ2v) is 11.8. The zero-order valence-corrected chi connectivity index (χ0v) is 24.6. The van der Waals surface area contributed by atoms with Gasteiger partial charge in [-0.25, -0.2) is 8.42 Å². The highest BCUT2D eigenvalue weighted by molar-refractivity contribution is 7.92. The lowest BCUT2D eigenvalue weighted by atomic mass is 10.1. The zero-order valence-electron chi connectivity index (χ0n) is 22.2. The van der Waals surface area contributed by atoms with E-state index in [9.17, 15) is 18.0 Å². The Kier molecular flexibility index (Phi) is 10.8. The van der Waals surface area contributed by atoms with Crippen LogP contribution in [0, 0.1) is 0 Å². The Balaban J connectivity index is 2.02. The van der Waals surface area contributed by atoms with Crippen LogP contribution in [0.4, 0.5) is 5.69 Å². The van der Waals surface area contributed by atoms with Gasteiger partial charge in [0, 0.05) is 13.1 Å². The first-order valence-corrected chi connectivity index (χ1v) is 15.0. The monoisotopic (exact) mass is 589 g/mol. The number of hydrogen-bond acceptors (Lipinski definition) is 4. The average molecular weight is 591 g/mol. The number of amides is 2. The van der Waals surface area contributed by atoms with E-state index in [0.717, 1.165) is 22.7 Å². The summed E-state index contributed by atoms with van der Waals surface area (Å²) >= 11 is 12.3. The van der Waals surface area contributed by atoms with Gasteiger partial charge in [0.25, 0.3) is 10.0 Å². The van der Waals surface area contributed by atoms with Gasteiger partial charge in [0.15, 0.2) is 0 Å². The molecule has 3 rings (SSSR count). The summed E-state index contributed by atoms with van der Waals surface area (Å²) in [7, 11) is -4.10. The number of halogens is 2. The molecule has 0 aliphatic carbocycles. The van der Waals surface area contributed by atoms with Crippen LogP contribution >= 0.6 is 23.2 Å². The molecule has 0 aromatic heterocycles. The van der Waals surface area contributed by atoms with Gasteiger partial charge in [0.2, 0.25) is 11.8 Å². The summed E-state index contributed by atoms with van der Waals surface area (Å²) in [5.74, 6) is -0.880. The van der Waals surface area contributed by atoms with Crippen LogP contribution in [0.3, 0.4) is 0 Å². The maximum Gasteiger partial charge on any atom is 0.264 e. The highest BCUT2D eigenvalue weighted by Crippen LogP contribution is 2.26. The Bertz CT molecular complexity index is 1380. The van der Waals surface area contributed by atoms with Crippen molar-refractivity contribution in [3.05, 3.63) is 94.0 Å². The standard InChI is InChI=1S/C29H33Cl2N3O4S/c1-4-17-32-29(36)21(3)33(19-23-13-16-26(30)27(31)18-23)28(35)20-34(24-14-11-22(5-2)12-15-24)39(37,38)25-9-7-6-8-10-25/h6-16,18,21H,4-5,17,19-20H2,1-3H3,(H,32,36)/t21-/m0/s1. The minimum absolute atomic E-state index is 0.0322. The number of nitrogens with zero attached hydrogens (tertiary/aromatic N) is 2. The van der Waals surface area contributed by atoms with Crippen molar-refractivity contribution in [1.82, 2.24) is 10.2 Å². The van der Waals surface area contributed by atoms with E-state index in [1.807, 2.05) is 26.0 Å². The van der Waals surface area contributed by atoms with Crippen molar-refractivity contribution < 1.29 is 18.0 Å². The van der Waals surface area contributed by atoms with Gasteiger partial charge in [-0.1, -0.05) is 73.4 Å². The number of carbonyl (C=O) groups excluding carboxylic acids is 2. The van der Waals surface area contributed by atoms with Gasteiger partial charge in [-0.2, -0.15) is 0 Å². The highest BCUT2D eigenvalue weighted by Gasteiger charge is 2.32. The molecule has 39 heavy (non-hydrogen) atoms. The Hall–Kier alpha value is -3.07. The smallest absolute Gasteiger partial charge is 0.264 e. The van der Waals surface area contributed by atoms with Crippen molar-refractivity contribution in [3.63, 3.8) is 0 Å². The first-order valence-electron chi connectivity index (χ1n) is 12.8. The predicted octanol–water partition coefficient (Wildman–Crippen LogP) is 5.69. The minimum atomic E-state index is -4.10. The number of hydrogen-bond donors (Lipinski definition) is 1. The summed E-state index contributed by atoms with van der Waals surface area (Å²) in [6.07, 6.45) is 1.52. The van der Waals surface area contributed by atoms with Crippen LogP contribution in [-0.2, 0) is 32.6 Å². The Labute approximate surface area is 240 Å². The van der Waals surface area contributed by atoms with Gasteiger partial charge in [-0.05, 0) is 67.3 Å². The lowest BCUT2D eigenvalue weighted by molar-refractivity contribution is -0.139. The lowest BCUT2D eigenvalue weighted by Crippen LogP contribution is -2.51. The molecule has 0 saturated carbocycles. The van der Waals surface area contributed by atoms with Crippen LogP contribution in [0.15, 0.2) is 77.7 Å². The molecule has 1 atom stereocenters. The van der Waals surface area contributed by atoms with E-state index in [1.54, 1.807) is 55.5 Å². The fraction of sp³-hybridized carbons (Fsp3) is 0.310. The third-order valence-corrected chi connectivity index (χ3v) is 8.82. The molecule has 0 unspecified atom stereocenters. The molecule has 0 fully saturated rings. The number of aryl methyl sites for hydroxylation is 1. The molecule has 3 aromatic rings. The maximum atomic E-state index is 13.9. The number of nitrogens with one attached hydrogen (secondary N) is 1. The molecule has 0 bridgehead atoms. The molecular formula is C29H33Cl2N3O4S. The van der Waals surface area contributed by atoms with Gasteiger partial charge in [0.1, 0.15) is 12.6 Å². The summed E-state index contributed by atoms with van der Waals surface area (Å²) in [6, 6.07) is 19.1. The quantitative estimate of drug-likeness (QED) is 0.294. The second kappa shape index (κ2) is 13.8. The zero-order chi connectivity index (χ0) is 28.6. The summed E-state index contributed by atoms with van der Waals surface area (Å²) in [6.45, 7) is 5.53. The molecule has 0 spiro atoms. The van der Waals surface area contributed by atoms with Crippen LogP contribution in [-0.4, -0.2) is 44.3 Å². The SMILES string of the molecule is CCCNC(=O)[C@H](C)N(Cc1ccc(Cl)c(Cl)c1)C(=O)CN(c1ccc(CC)cc1)S(=O)(=O)c1ccccc1. The lowest BCUT2D eigenvalue weighted by Gasteiger charge is -2.32. The summed E-state index contributed by atoms with van der Waals surface area (Å²) in [4.78, 5) is 28.2. The third kappa shape index (κ3) is 7.75. The van der Waals surface area contributed by atoms with E-state index in [4.69, 9.17) is 23.2 Å². The molecule has 1 N–H and O–H groups in total. The number of benzene rings is 3. The normalized spacial score (nSPS) is 12.0. The van der Waals surface area contributed by atoms with Crippen LogP contribution in [0.5, 0.6) is 0 Å². The van der Waals surface area contributed by atoms with Crippen molar-refractivity contribution in [3.8, 4) is 0 Å². The van der Waals surface area contributed by atoms with Crippen LogP contribution < -0.4 is 9.62 Å². The minimum Gasteiger partial charge on any atom is -0.354 e. The highest BCUT2D eigenvalue weighted by atomic mass is 35.5. The van der Waals surface area contributed by atoms with Crippen molar-refractivity contribution in [2.75, 3.05) is 17.4 Å². The largest absolute Gasteiger partial charge is 0.354 e. The fourth-order valence-electron chi connectivity index (χ4n) is 3.96. The van der Waals surface area contributed by atoms with Gasteiger partial charge >= 0.3 is 0 Å². The first-order chi connectivity index (χ1) is 18.6. The predicted molar refractivity (Wildman–Crippen MR) is 157 cm³/mol. The molecule has 0 aliphatic heterocycles. The Morgan fingerprint density at radius 2 is 1.54 bits per heavy atom. The van der Waals surface area contributed by atoms with Gasteiger partial charge < -0.3 is 10.2 Å². The summed E-state index contributed by atoms with van der Waals surface area (Å²) in [5.41, 5.74) is 2.03. The van der Waals surface area contributed by atoms with Crippen molar-refractivity contribution in [2.45, 2.75) is 51.1 Å². The molecular weight excluding hydrogens is 557 g/mol. The summed E-state index contributed by atoms with van der Waals surface area (Å²) in [5, 5.41) is 3.49. The van der Waals surface area contributed by atoms with Crippen molar-refractivity contribution >= 4 is 50.7 Å². The number of sulfonamides is 1. The number of carbonyl (C=O) groups is 2. The average Bonchev–Trinajstić information content (AvgIpc) is 2.95. The van der Waals surface area contributed by atoms with E-state index in [1.165, 1.54) is 17.0 Å². The molecule has 2 amide bonds. The molecule has 3 aromatic carbocycles. The maximum absolute atomic E-state index is 13.9. The Morgan fingerprint density at radius 1 is 0.897 bits per heavy atom. The van der Waals surface area contributed by atoms with Crippen molar-refractivity contribution in [2.24, 2.45) is 0 Å². The topological polar surface area (TPSA) is 86.8 Å². The molecule has 10 heteroatoms. The fourth-order valence-corrected chi connectivity index (χ4v) is 5.72. The first kappa shape index (κ1) is 30.5. The van der Waals surface area contributed by atoms with E-state index in [0.29, 0.717) is 27.8 Å². The van der Waals surface area contributed by atoms with E-state index in [-0.39, 0.29) is 17.3 Å². The Morgan fingerprint density at radius 3 is 2.13 bits per heavy atom. The van der Waals surface area contributed by atoms with E-state index < -0.39 is 28.5 Å². The number of anilines is 1. The molecule has 208 valence electrons. The van der Waals surface area contributed by atoms with Crippen LogP contribution in [0.2, 0.25) is 10.0 Å². The van der Waals surface area contributed by atoms with Crippen LogP contribution in [0.1, 0.15) is 38.3 Å². The molecule has 0 heterocycles. The third-order valence-electron chi connectivity index (χ3n) is 6.30. The molecule has 0 radical (unpaired) electrons. The van der Waals surface area contributed by atoms with Gasteiger partial charge in [-0.3, -0.25) is 13.9 Å².